The average molecular weight is 408 g/mol. The van der Waals surface area contributed by atoms with E-state index in [2.05, 4.69) is 4.99 Å². The minimum absolute atomic E-state index is 0.157. The largest absolute Gasteiger partial charge is 0.489 e. The molecule has 0 N–H and O–H groups in total. The van der Waals surface area contributed by atoms with Crippen LogP contribution in [0.4, 0.5) is 4.39 Å². The van der Waals surface area contributed by atoms with Crippen LogP contribution in [0.5, 0.6) is 5.75 Å². The van der Waals surface area contributed by atoms with E-state index in [1.54, 1.807) is 6.08 Å². The fourth-order valence-corrected chi connectivity index (χ4v) is 2.82. The highest BCUT2D eigenvalue weighted by molar-refractivity contribution is 6.30. The first-order valence-electron chi connectivity index (χ1n) is 8.83. The van der Waals surface area contributed by atoms with Crippen molar-refractivity contribution in [3.63, 3.8) is 0 Å². The third-order valence-corrected chi connectivity index (χ3v) is 4.47. The van der Waals surface area contributed by atoms with Gasteiger partial charge in [0.2, 0.25) is 5.90 Å². The molecule has 4 nitrogen and oxygen atoms in total. The molecule has 0 spiro atoms. The van der Waals surface area contributed by atoms with Crippen LogP contribution in [0.25, 0.3) is 6.08 Å². The van der Waals surface area contributed by atoms with Crippen molar-refractivity contribution in [1.29, 1.82) is 0 Å². The maximum absolute atomic E-state index is 13.0. The van der Waals surface area contributed by atoms with Crippen molar-refractivity contribution in [2.75, 3.05) is 0 Å². The third-order valence-electron chi connectivity index (χ3n) is 4.21. The van der Waals surface area contributed by atoms with Crippen molar-refractivity contribution in [2.45, 2.75) is 6.61 Å². The Morgan fingerprint density at radius 1 is 0.966 bits per heavy atom. The molecule has 6 heteroatoms. The van der Waals surface area contributed by atoms with Gasteiger partial charge in [0.25, 0.3) is 0 Å². The minimum Gasteiger partial charge on any atom is -0.489 e. The molecule has 1 heterocycles. The summed E-state index contributed by atoms with van der Waals surface area (Å²) in [5.41, 5.74) is 2.50. The molecule has 29 heavy (non-hydrogen) atoms. The van der Waals surface area contributed by atoms with Gasteiger partial charge in [-0.15, -0.1) is 0 Å². The number of ether oxygens (including phenoxy) is 2. The summed E-state index contributed by atoms with van der Waals surface area (Å²) in [7, 11) is 0. The number of halogens is 2. The summed E-state index contributed by atoms with van der Waals surface area (Å²) in [6.45, 7) is 0.426. The molecule has 3 aromatic carbocycles. The number of carbonyl (C=O) groups is 1. The second-order valence-corrected chi connectivity index (χ2v) is 6.76. The number of hydrogen-bond acceptors (Lipinski definition) is 4. The standard InChI is InChI=1S/C23H15ClFNO3/c24-18-7-1-16(2-8-18)14-28-20-11-3-15(4-12-20)13-21-23(27)29-22(26-21)17-5-9-19(25)10-6-17/h1-13H,14H2/b21-13-. The minimum atomic E-state index is -0.549. The molecule has 0 bridgehead atoms. The first-order valence-corrected chi connectivity index (χ1v) is 9.20. The maximum Gasteiger partial charge on any atom is 0.363 e. The number of rotatable bonds is 5. The number of esters is 1. The molecule has 0 saturated heterocycles. The Morgan fingerprint density at radius 3 is 2.34 bits per heavy atom. The van der Waals surface area contributed by atoms with Crippen molar-refractivity contribution in [3.05, 3.63) is 106 Å². The lowest BCUT2D eigenvalue weighted by molar-refractivity contribution is -0.129. The van der Waals surface area contributed by atoms with Gasteiger partial charge >= 0.3 is 5.97 Å². The Bertz CT molecular complexity index is 1090. The Morgan fingerprint density at radius 2 is 1.66 bits per heavy atom. The second-order valence-electron chi connectivity index (χ2n) is 6.33. The molecule has 0 fully saturated rings. The van der Waals surface area contributed by atoms with Crippen molar-refractivity contribution in [3.8, 4) is 5.75 Å². The Hall–Kier alpha value is -3.44. The van der Waals surface area contributed by atoms with Crippen LogP contribution in [-0.2, 0) is 16.1 Å². The number of aliphatic imine (C=N–C) groups is 1. The van der Waals surface area contributed by atoms with E-state index in [-0.39, 0.29) is 17.4 Å². The predicted molar refractivity (Wildman–Crippen MR) is 109 cm³/mol. The molecule has 144 valence electrons. The Balaban J connectivity index is 1.44. The average Bonchev–Trinajstić information content (AvgIpc) is 3.09. The van der Waals surface area contributed by atoms with Gasteiger partial charge in [-0.3, -0.25) is 0 Å². The monoisotopic (exact) mass is 407 g/mol. The molecule has 1 aliphatic rings. The molecule has 0 radical (unpaired) electrons. The number of cyclic esters (lactones) is 1. The highest BCUT2D eigenvalue weighted by Crippen LogP contribution is 2.21. The van der Waals surface area contributed by atoms with E-state index in [9.17, 15) is 9.18 Å². The van der Waals surface area contributed by atoms with Crippen molar-refractivity contribution in [1.82, 2.24) is 0 Å². The summed E-state index contributed by atoms with van der Waals surface area (Å²) >= 11 is 5.87. The van der Waals surface area contributed by atoms with Gasteiger partial charge in [-0.1, -0.05) is 35.9 Å². The molecule has 4 rings (SSSR count). The van der Waals surface area contributed by atoms with Crippen LogP contribution < -0.4 is 4.74 Å². The van der Waals surface area contributed by atoms with Crippen LogP contribution in [0.15, 0.2) is 83.5 Å². The highest BCUT2D eigenvalue weighted by Gasteiger charge is 2.24. The molecule has 0 atom stereocenters. The van der Waals surface area contributed by atoms with Gasteiger partial charge in [-0.05, 0) is 65.7 Å². The van der Waals surface area contributed by atoms with Gasteiger partial charge in [0.15, 0.2) is 5.70 Å². The Labute approximate surface area is 171 Å². The lowest BCUT2D eigenvalue weighted by Crippen LogP contribution is -2.05. The van der Waals surface area contributed by atoms with E-state index < -0.39 is 5.97 Å². The van der Waals surface area contributed by atoms with Crippen LogP contribution in [-0.4, -0.2) is 11.9 Å². The maximum atomic E-state index is 13.0. The van der Waals surface area contributed by atoms with Gasteiger partial charge in [-0.25, -0.2) is 14.2 Å². The molecule has 0 amide bonds. The summed E-state index contributed by atoms with van der Waals surface area (Å²) in [5.74, 6) is -0.0593. The lowest BCUT2D eigenvalue weighted by atomic mass is 10.2. The molecule has 1 aliphatic heterocycles. The van der Waals surface area contributed by atoms with E-state index in [1.165, 1.54) is 24.3 Å². The quantitative estimate of drug-likeness (QED) is 0.420. The van der Waals surface area contributed by atoms with E-state index in [0.29, 0.717) is 22.9 Å². The molecule has 0 saturated carbocycles. The van der Waals surface area contributed by atoms with E-state index >= 15 is 0 Å². The van der Waals surface area contributed by atoms with Crippen LogP contribution in [0, 0.1) is 5.82 Å². The fraction of sp³-hybridized carbons (Fsp3) is 0.0435. The zero-order chi connectivity index (χ0) is 20.2. The number of hydrogen-bond donors (Lipinski definition) is 0. The molecular formula is C23H15ClFNO3. The van der Waals surface area contributed by atoms with Gasteiger partial charge in [-0.2, -0.15) is 0 Å². The summed E-state index contributed by atoms with van der Waals surface area (Å²) in [6, 6.07) is 20.3. The lowest BCUT2D eigenvalue weighted by Gasteiger charge is -2.06. The van der Waals surface area contributed by atoms with Crippen molar-refractivity contribution >= 4 is 29.5 Å². The number of carbonyl (C=O) groups excluding carboxylic acids is 1. The van der Waals surface area contributed by atoms with Gasteiger partial charge in [0.1, 0.15) is 18.2 Å². The van der Waals surface area contributed by atoms with Crippen LogP contribution in [0.2, 0.25) is 5.02 Å². The fourth-order valence-electron chi connectivity index (χ4n) is 2.69. The SMILES string of the molecule is O=C1OC(c2ccc(F)cc2)=N/C1=C\c1ccc(OCc2ccc(Cl)cc2)cc1. The summed E-state index contributed by atoms with van der Waals surface area (Å²) in [4.78, 5) is 16.3. The zero-order valence-electron chi connectivity index (χ0n) is 15.1. The molecular weight excluding hydrogens is 393 g/mol. The van der Waals surface area contributed by atoms with Crippen molar-refractivity contribution < 1.29 is 18.7 Å². The molecule has 0 aliphatic carbocycles. The first-order chi connectivity index (χ1) is 14.1. The second kappa shape index (κ2) is 8.29. The summed E-state index contributed by atoms with van der Waals surface area (Å²) in [6.07, 6.45) is 1.63. The first kappa shape index (κ1) is 18.9. The van der Waals surface area contributed by atoms with Gasteiger partial charge in [0.05, 0.1) is 0 Å². The summed E-state index contributed by atoms with van der Waals surface area (Å²) < 4.78 is 24.0. The summed E-state index contributed by atoms with van der Waals surface area (Å²) in [5, 5.41) is 0.682. The predicted octanol–water partition coefficient (Wildman–Crippen LogP) is 5.40. The zero-order valence-corrected chi connectivity index (χ0v) is 15.9. The van der Waals surface area contributed by atoms with Crippen LogP contribution in [0.1, 0.15) is 16.7 Å². The number of nitrogens with zero attached hydrogens (tertiary/aromatic N) is 1. The van der Waals surface area contributed by atoms with Crippen molar-refractivity contribution in [2.24, 2.45) is 4.99 Å². The molecule has 0 unspecified atom stereocenters. The highest BCUT2D eigenvalue weighted by atomic mass is 35.5. The normalized spacial score (nSPS) is 14.6. The van der Waals surface area contributed by atoms with Crippen LogP contribution >= 0.6 is 11.6 Å². The van der Waals surface area contributed by atoms with E-state index in [0.717, 1.165) is 11.1 Å². The number of benzene rings is 3. The van der Waals surface area contributed by atoms with E-state index in [1.807, 2.05) is 48.5 Å². The molecule has 0 aromatic heterocycles. The topological polar surface area (TPSA) is 47.9 Å². The third kappa shape index (κ3) is 4.70. The van der Waals surface area contributed by atoms with Gasteiger partial charge < -0.3 is 9.47 Å². The Kier molecular flexibility index (Phi) is 5.40. The van der Waals surface area contributed by atoms with Gasteiger partial charge in [0, 0.05) is 10.6 Å². The van der Waals surface area contributed by atoms with Crippen LogP contribution in [0.3, 0.4) is 0 Å². The smallest absolute Gasteiger partial charge is 0.363 e. The van der Waals surface area contributed by atoms with E-state index in [4.69, 9.17) is 21.1 Å². The molecule has 3 aromatic rings.